The minimum atomic E-state index is -0.0292. The zero-order valence-corrected chi connectivity index (χ0v) is 18.5. The van der Waals surface area contributed by atoms with Crippen LogP contribution in [0.1, 0.15) is 22.6 Å². The maximum absolute atomic E-state index is 13.5. The Hall–Kier alpha value is -2.84. The molecule has 2 aromatic heterocycles. The standard InChI is InChI=1S/C23H25N3O4S/c1-28-17-13-15-6-8-26-21(16(15)14-18(17)29-2)20(19-5-3-12-31-19)24-22(26)23(27)25-7-4-10-30-11-9-25/h3,5,12-14H,4,6-11H2,1-2H3. The fourth-order valence-corrected chi connectivity index (χ4v) is 5.08. The fourth-order valence-electron chi connectivity index (χ4n) is 4.36. The van der Waals surface area contributed by atoms with Crippen molar-refractivity contribution < 1.29 is 19.0 Å². The Morgan fingerprint density at radius 1 is 1.13 bits per heavy atom. The van der Waals surface area contributed by atoms with Crippen molar-refractivity contribution in [3.8, 4) is 33.3 Å². The highest BCUT2D eigenvalue weighted by molar-refractivity contribution is 7.13. The van der Waals surface area contributed by atoms with E-state index in [9.17, 15) is 4.79 Å². The van der Waals surface area contributed by atoms with Crippen LogP contribution < -0.4 is 9.47 Å². The van der Waals surface area contributed by atoms with E-state index in [2.05, 4.69) is 10.6 Å². The average molecular weight is 440 g/mol. The number of carbonyl (C=O) groups is 1. The molecular formula is C23H25N3O4S. The molecule has 2 aliphatic rings. The summed E-state index contributed by atoms with van der Waals surface area (Å²) in [5.41, 5.74) is 4.03. The van der Waals surface area contributed by atoms with Crippen LogP contribution in [0.15, 0.2) is 29.6 Å². The van der Waals surface area contributed by atoms with Crippen LogP contribution in [0.5, 0.6) is 11.5 Å². The lowest BCUT2D eigenvalue weighted by Gasteiger charge is -2.24. The highest BCUT2D eigenvalue weighted by Gasteiger charge is 2.31. The maximum atomic E-state index is 13.5. The number of aryl methyl sites for hydroxylation is 1. The summed E-state index contributed by atoms with van der Waals surface area (Å²) in [4.78, 5) is 21.3. The Labute approximate surface area is 185 Å². The van der Waals surface area contributed by atoms with Crippen molar-refractivity contribution >= 4 is 17.2 Å². The summed E-state index contributed by atoms with van der Waals surface area (Å²) in [5, 5.41) is 2.03. The topological polar surface area (TPSA) is 65.8 Å². The number of nitrogens with zero attached hydrogens (tertiary/aromatic N) is 3. The van der Waals surface area contributed by atoms with E-state index >= 15 is 0 Å². The Morgan fingerprint density at radius 3 is 2.74 bits per heavy atom. The number of imidazole rings is 1. The third-order valence-corrected chi connectivity index (χ3v) is 6.77. The Kier molecular flexibility index (Phi) is 5.41. The lowest BCUT2D eigenvalue weighted by atomic mass is 9.96. The van der Waals surface area contributed by atoms with E-state index in [0.717, 1.165) is 34.7 Å². The van der Waals surface area contributed by atoms with Crippen LogP contribution in [0.2, 0.25) is 0 Å². The number of hydrogen-bond acceptors (Lipinski definition) is 6. The molecule has 0 radical (unpaired) electrons. The largest absolute Gasteiger partial charge is 0.493 e. The molecule has 3 aromatic rings. The molecule has 8 heteroatoms. The maximum Gasteiger partial charge on any atom is 0.289 e. The number of aromatic nitrogens is 2. The Balaban J connectivity index is 1.67. The highest BCUT2D eigenvalue weighted by atomic mass is 32.1. The number of rotatable bonds is 4. The van der Waals surface area contributed by atoms with Crippen molar-refractivity contribution in [2.75, 3.05) is 40.5 Å². The van der Waals surface area contributed by atoms with Crippen LogP contribution in [0.25, 0.3) is 21.8 Å². The molecule has 2 aliphatic heterocycles. The number of thiophene rings is 1. The summed E-state index contributed by atoms with van der Waals surface area (Å²) >= 11 is 1.63. The van der Waals surface area contributed by atoms with Crippen LogP contribution >= 0.6 is 11.3 Å². The summed E-state index contributed by atoms with van der Waals surface area (Å²) in [6.45, 7) is 3.24. The number of carbonyl (C=O) groups excluding carboxylic acids is 1. The first-order chi connectivity index (χ1) is 15.2. The van der Waals surface area contributed by atoms with Gasteiger partial charge in [-0.1, -0.05) is 6.07 Å². The van der Waals surface area contributed by atoms with E-state index in [1.807, 2.05) is 28.5 Å². The van der Waals surface area contributed by atoms with Gasteiger partial charge in [-0.15, -0.1) is 11.3 Å². The molecule has 0 bridgehead atoms. The van der Waals surface area contributed by atoms with Crippen LogP contribution in [-0.4, -0.2) is 60.9 Å². The molecular weight excluding hydrogens is 414 g/mol. The monoisotopic (exact) mass is 439 g/mol. The SMILES string of the molecule is COc1cc2c(cc1OC)-c1c(-c3cccs3)nc(C(=O)N3CCCOCC3)n1CC2. The zero-order chi connectivity index (χ0) is 21.4. The minimum absolute atomic E-state index is 0.0292. The molecule has 1 fully saturated rings. The van der Waals surface area contributed by atoms with E-state index in [0.29, 0.717) is 50.2 Å². The van der Waals surface area contributed by atoms with E-state index in [4.69, 9.17) is 19.2 Å². The molecule has 0 aliphatic carbocycles. The number of fused-ring (bicyclic) bond motifs is 3. The second-order valence-electron chi connectivity index (χ2n) is 7.63. The summed E-state index contributed by atoms with van der Waals surface area (Å²) < 4.78 is 18.7. The number of hydrogen-bond donors (Lipinski definition) is 0. The molecule has 7 nitrogen and oxygen atoms in total. The van der Waals surface area contributed by atoms with Crippen molar-refractivity contribution in [3.05, 3.63) is 41.0 Å². The molecule has 1 saturated heterocycles. The van der Waals surface area contributed by atoms with Gasteiger partial charge in [0.05, 0.1) is 31.4 Å². The van der Waals surface area contributed by atoms with Gasteiger partial charge in [0.2, 0.25) is 0 Å². The second kappa shape index (κ2) is 8.36. The molecule has 4 heterocycles. The first-order valence-electron chi connectivity index (χ1n) is 10.5. The third kappa shape index (κ3) is 3.49. The molecule has 0 unspecified atom stereocenters. The first-order valence-corrected chi connectivity index (χ1v) is 11.4. The molecule has 1 aromatic carbocycles. The van der Waals surface area contributed by atoms with Gasteiger partial charge in [-0.2, -0.15) is 0 Å². The van der Waals surface area contributed by atoms with Gasteiger partial charge >= 0.3 is 0 Å². The van der Waals surface area contributed by atoms with Crippen molar-refractivity contribution in [2.24, 2.45) is 0 Å². The molecule has 162 valence electrons. The number of benzene rings is 1. The van der Waals surface area contributed by atoms with E-state index < -0.39 is 0 Å². The molecule has 1 amide bonds. The Bertz CT molecular complexity index is 1100. The summed E-state index contributed by atoms with van der Waals surface area (Å²) in [7, 11) is 3.29. The molecule has 31 heavy (non-hydrogen) atoms. The van der Waals surface area contributed by atoms with E-state index in [1.54, 1.807) is 25.6 Å². The van der Waals surface area contributed by atoms with Gasteiger partial charge in [0, 0.05) is 31.8 Å². The molecule has 0 saturated carbocycles. The summed E-state index contributed by atoms with van der Waals surface area (Å²) in [6.07, 6.45) is 1.64. The fraction of sp³-hybridized carbons (Fsp3) is 0.391. The molecule has 0 atom stereocenters. The summed E-state index contributed by atoms with van der Waals surface area (Å²) in [6, 6.07) is 8.11. The van der Waals surface area contributed by atoms with Crippen LogP contribution in [0, 0.1) is 0 Å². The number of amides is 1. The minimum Gasteiger partial charge on any atom is -0.493 e. The van der Waals surface area contributed by atoms with Gasteiger partial charge in [-0.25, -0.2) is 4.98 Å². The van der Waals surface area contributed by atoms with E-state index in [1.165, 1.54) is 5.56 Å². The summed E-state index contributed by atoms with van der Waals surface area (Å²) in [5.74, 6) is 1.86. The average Bonchev–Trinajstić information content (AvgIpc) is 3.38. The lowest BCUT2D eigenvalue weighted by Crippen LogP contribution is -2.35. The van der Waals surface area contributed by atoms with Gasteiger partial charge in [-0.05, 0) is 42.0 Å². The van der Waals surface area contributed by atoms with E-state index in [-0.39, 0.29) is 5.91 Å². The normalized spacial score (nSPS) is 15.7. The zero-order valence-electron chi connectivity index (χ0n) is 17.7. The van der Waals surface area contributed by atoms with Gasteiger partial charge in [-0.3, -0.25) is 4.79 Å². The van der Waals surface area contributed by atoms with Crippen LogP contribution in [0.3, 0.4) is 0 Å². The molecule has 5 rings (SSSR count). The lowest BCUT2D eigenvalue weighted by molar-refractivity contribution is 0.0724. The predicted molar refractivity (Wildman–Crippen MR) is 119 cm³/mol. The van der Waals surface area contributed by atoms with Crippen LogP contribution in [-0.2, 0) is 17.7 Å². The number of ether oxygens (including phenoxy) is 3. The van der Waals surface area contributed by atoms with Gasteiger partial charge in [0.15, 0.2) is 17.3 Å². The van der Waals surface area contributed by atoms with Crippen molar-refractivity contribution in [1.29, 1.82) is 0 Å². The Morgan fingerprint density at radius 2 is 1.97 bits per heavy atom. The quantitative estimate of drug-likeness (QED) is 0.620. The van der Waals surface area contributed by atoms with Gasteiger partial charge in [0.25, 0.3) is 5.91 Å². The van der Waals surface area contributed by atoms with Crippen molar-refractivity contribution in [3.63, 3.8) is 0 Å². The smallest absolute Gasteiger partial charge is 0.289 e. The van der Waals surface area contributed by atoms with Gasteiger partial charge < -0.3 is 23.7 Å². The van der Waals surface area contributed by atoms with Crippen molar-refractivity contribution in [1.82, 2.24) is 14.5 Å². The molecule has 0 N–H and O–H groups in total. The van der Waals surface area contributed by atoms with Gasteiger partial charge in [0.1, 0.15) is 5.69 Å². The number of methoxy groups -OCH3 is 2. The van der Waals surface area contributed by atoms with Crippen molar-refractivity contribution in [2.45, 2.75) is 19.4 Å². The second-order valence-corrected chi connectivity index (χ2v) is 8.58. The highest BCUT2D eigenvalue weighted by Crippen LogP contribution is 2.43. The van der Waals surface area contributed by atoms with Crippen LogP contribution in [0.4, 0.5) is 0 Å². The first kappa shape index (κ1) is 20.1. The molecule has 0 spiro atoms. The predicted octanol–water partition coefficient (Wildman–Crippen LogP) is 3.71. The third-order valence-electron chi connectivity index (χ3n) is 5.89.